The molecule has 0 saturated carbocycles. The summed E-state index contributed by atoms with van der Waals surface area (Å²) in [4.78, 5) is 12.9. The summed E-state index contributed by atoms with van der Waals surface area (Å²) in [6, 6.07) is 8.03. The molecule has 1 aliphatic heterocycles. The van der Waals surface area contributed by atoms with E-state index in [4.69, 9.17) is 4.74 Å². The molecule has 10 heteroatoms. The minimum atomic E-state index is -4.59. The number of halogens is 3. The topological polar surface area (TPSA) is 70.2 Å². The van der Waals surface area contributed by atoms with Crippen LogP contribution in [0.25, 0.3) is 22.3 Å². The first-order valence-electron chi connectivity index (χ1n) is 11.1. The molecular formula is C24H27F3N6O. The Hall–Kier alpha value is -3.16. The molecule has 0 unspecified atom stereocenters. The molecule has 2 aromatic heterocycles. The second kappa shape index (κ2) is 9.60. The number of fused-ring (bicyclic) bond motifs is 1. The fourth-order valence-corrected chi connectivity index (χ4v) is 4.30. The molecule has 4 rings (SSSR count). The Morgan fingerprint density at radius 3 is 2.74 bits per heavy atom. The van der Waals surface area contributed by atoms with Gasteiger partial charge in [-0.3, -0.25) is 0 Å². The van der Waals surface area contributed by atoms with Gasteiger partial charge in [-0.2, -0.15) is 18.4 Å². The van der Waals surface area contributed by atoms with Crippen molar-refractivity contribution < 1.29 is 17.9 Å². The normalized spacial score (nSPS) is 16.9. The molecule has 3 heterocycles. The number of aromatic nitrogens is 3. The summed E-state index contributed by atoms with van der Waals surface area (Å²) < 4.78 is 48.8. The van der Waals surface area contributed by atoms with E-state index in [9.17, 15) is 18.4 Å². The zero-order valence-corrected chi connectivity index (χ0v) is 19.4. The number of likely N-dealkylation sites (tertiary alicyclic amines) is 1. The van der Waals surface area contributed by atoms with Crippen molar-refractivity contribution in [1.29, 1.82) is 5.26 Å². The van der Waals surface area contributed by atoms with Crippen LogP contribution in [0.3, 0.4) is 0 Å². The molecule has 0 bridgehead atoms. The summed E-state index contributed by atoms with van der Waals surface area (Å²) in [6.45, 7) is 2.94. The lowest BCUT2D eigenvalue weighted by Gasteiger charge is -2.20. The molecule has 3 aromatic rings. The van der Waals surface area contributed by atoms with E-state index < -0.39 is 11.7 Å². The van der Waals surface area contributed by atoms with E-state index in [0.29, 0.717) is 23.5 Å². The smallest absolute Gasteiger partial charge is 0.419 e. The van der Waals surface area contributed by atoms with Gasteiger partial charge in [0, 0.05) is 31.7 Å². The van der Waals surface area contributed by atoms with Crippen molar-refractivity contribution in [1.82, 2.24) is 24.3 Å². The van der Waals surface area contributed by atoms with Crippen LogP contribution in [0.2, 0.25) is 0 Å². The zero-order valence-electron chi connectivity index (χ0n) is 19.4. The average molecular weight is 473 g/mol. The average Bonchev–Trinajstić information content (AvgIpc) is 3.43. The van der Waals surface area contributed by atoms with E-state index in [1.165, 1.54) is 12.4 Å². The highest BCUT2D eigenvalue weighted by Gasteiger charge is 2.35. The van der Waals surface area contributed by atoms with Crippen molar-refractivity contribution in [2.24, 2.45) is 7.05 Å². The lowest BCUT2D eigenvalue weighted by atomic mass is 10.1. The van der Waals surface area contributed by atoms with Crippen molar-refractivity contribution >= 4 is 11.0 Å². The summed E-state index contributed by atoms with van der Waals surface area (Å²) in [6.07, 6.45) is -1.31. The van der Waals surface area contributed by atoms with Crippen LogP contribution in [-0.2, 0) is 13.2 Å². The van der Waals surface area contributed by atoms with Gasteiger partial charge in [-0.1, -0.05) is 0 Å². The number of alkyl halides is 3. The van der Waals surface area contributed by atoms with Gasteiger partial charge in [0.05, 0.1) is 29.7 Å². The maximum Gasteiger partial charge on any atom is 0.419 e. The van der Waals surface area contributed by atoms with Gasteiger partial charge in [0.2, 0.25) is 0 Å². The molecule has 1 saturated heterocycles. The van der Waals surface area contributed by atoms with E-state index in [0.717, 1.165) is 32.1 Å². The van der Waals surface area contributed by atoms with Gasteiger partial charge in [-0.05, 0) is 57.7 Å². The Morgan fingerprint density at radius 2 is 2.06 bits per heavy atom. The third-order valence-electron chi connectivity index (χ3n) is 6.25. The zero-order chi connectivity index (χ0) is 24.5. The fraction of sp³-hybridized carbons (Fsp3) is 0.458. The van der Waals surface area contributed by atoms with Crippen molar-refractivity contribution in [3.8, 4) is 23.1 Å². The van der Waals surface area contributed by atoms with Gasteiger partial charge in [-0.25, -0.2) is 9.97 Å². The van der Waals surface area contributed by atoms with Crippen molar-refractivity contribution in [3.05, 3.63) is 41.9 Å². The molecule has 1 atom stereocenters. The number of benzene rings is 1. The molecule has 180 valence electrons. The van der Waals surface area contributed by atoms with E-state index in [2.05, 4.69) is 33.9 Å². The van der Waals surface area contributed by atoms with E-state index in [1.807, 2.05) is 6.07 Å². The van der Waals surface area contributed by atoms with Crippen LogP contribution in [-0.4, -0.2) is 70.7 Å². The molecule has 1 fully saturated rings. The second-order valence-corrected chi connectivity index (χ2v) is 8.81. The number of hydrogen-bond donors (Lipinski definition) is 0. The van der Waals surface area contributed by atoms with Gasteiger partial charge in [-0.15, -0.1) is 0 Å². The molecule has 34 heavy (non-hydrogen) atoms. The highest BCUT2D eigenvalue weighted by atomic mass is 19.4. The van der Waals surface area contributed by atoms with Crippen LogP contribution >= 0.6 is 0 Å². The van der Waals surface area contributed by atoms with Gasteiger partial charge in [0.25, 0.3) is 0 Å². The van der Waals surface area contributed by atoms with Crippen molar-refractivity contribution in [2.45, 2.75) is 25.1 Å². The lowest BCUT2D eigenvalue weighted by Crippen LogP contribution is -2.32. The standard InChI is InChI=1S/C24H27F3N6O/c1-31(2)17-7-9-33(14-17)8-4-10-34-22-6-5-16(11-18(22)24(25,26)27)19-12-21-23(20(13-28)30-19)29-15-32(21)3/h5-6,11-12,15,17H,4,7-10,14H2,1-3H3/t17-/m0/s1. The summed E-state index contributed by atoms with van der Waals surface area (Å²) in [5, 5.41) is 9.42. The number of pyridine rings is 1. The van der Waals surface area contributed by atoms with Crippen LogP contribution in [0.4, 0.5) is 13.2 Å². The number of nitriles is 1. The largest absolute Gasteiger partial charge is 0.493 e. The van der Waals surface area contributed by atoms with Gasteiger partial charge in [0.1, 0.15) is 17.3 Å². The lowest BCUT2D eigenvalue weighted by molar-refractivity contribution is -0.138. The first kappa shape index (κ1) is 24.0. The Labute approximate surface area is 196 Å². The van der Waals surface area contributed by atoms with Crippen LogP contribution in [0.5, 0.6) is 5.75 Å². The highest BCUT2D eigenvalue weighted by molar-refractivity contribution is 5.84. The minimum absolute atomic E-state index is 0.0698. The van der Waals surface area contributed by atoms with E-state index in [1.54, 1.807) is 23.7 Å². The molecule has 0 aliphatic carbocycles. The quantitative estimate of drug-likeness (QED) is 0.486. The maximum atomic E-state index is 13.9. The van der Waals surface area contributed by atoms with Crippen molar-refractivity contribution in [2.75, 3.05) is 40.3 Å². The Morgan fingerprint density at radius 1 is 1.26 bits per heavy atom. The molecule has 1 aliphatic rings. The van der Waals surface area contributed by atoms with E-state index in [-0.39, 0.29) is 29.3 Å². The molecule has 0 amide bonds. The Bertz CT molecular complexity index is 1210. The molecule has 0 spiro atoms. The predicted molar refractivity (Wildman–Crippen MR) is 122 cm³/mol. The van der Waals surface area contributed by atoms with Crippen LogP contribution < -0.4 is 4.74 Å². The molecule has 1 aromatic carbocycles. The number of imidazole rings is 1. The number of likely N-dealkylation sites (N-methyl/N-ethyl adjacent to an activating group) is 1. The highest BCUT2D eigenvalue weighted by Crippen LogP contribution is 2.39. The molecule has 0 radical (unpaired) electrons. The number of ether oxygens (including phenoxy) is 1. The summed E-state index contributed by atoms with van der Waals surface area (Å²) in [7, 11) is 5.87. The van der Waals surface area contributed by atoms with Crippen LogP contribution in [0.1, 0.15) is 24.1 Å². The summed E-state index contributed by atoms with van der Waals surface area (Å²) in [5.41, 5.74) is 0.776. The van der Waals surface area contributed by atoms with Gasteiger partial charge in [0.15, 0.2) is 5.69 Å². The minimum Gasteiger partial charge on any atom is -0.493 e. The molecular weight excluding hydrogens is 445 g/mol. The summed E-state index contributed by atoms with van der Waals surface area (Å²) in [5.74, 6) is -0.203. The third-order valence-corrected chi connectivity index (χ3v) is 6.25. The first-order chi connectivity index (χ1) is 16.2. The number of hydrogen-bond acceptors (Lipinski definition) is 6. The predicted octanol–water partition coefficient (Wildman–Crippen LogP) is 3.93. The first-order valence-corrected chi connectivity index (χ1v) is 11.1. The number of nitrogens with zero attached hydrogens (tertiary/aromatic N) is 6. The van der Waals surface area contributed by atoms with Gasteiger partial charge >= 0.3 is 6.18 Å². The second-order valence-electron chi connectivity index (χ2n) is 8.81. The summed E-state index contributed by atoms with van der Waals surface area (Å²) >= 11 is 0. The fourth-order valence-electron chi connectivity index (χ4n) is 4.30. The molecule has 0 N–H and O–H groups in total. The van der Waals surface area contributed by atoms with Gasteiger partial charge < -0.3 is 19.1 Å². The SMILES string of the molecule is CN(C)[C@H]1CCN(CCCOc2ccc(-c3cc4c(ncn4C)c(C#N)n3)cc2C(F)(F)F)C1. The van der Waals surface area contributed by atoms with Crippen LogP contribution in [0, 0.1) is 11.3 Å². The number of rotatable bonds is 7. The Kier molecular flexibility index (Phi) is 6.77. The maximum absolute atomic E-state index is 13.9. The third kappa shape index (κ3) is 5.00. The van der Waals surface area contributed by atoms with E-state index >= 15 is 0 Å². The Balaban J connectivity index is 1.51. The van der Waals surface area contributed by atoms with Crippen molar-refractivity contribution in [3.63, 3.8) is 0 Å². The van der Waals surface area contributed by atoms with Crippen LogP contribution in [0.15, 0.2) is 30.6 Å². The monoisotopic (exact) mass is 472 g/mol. The number of aryl methyl sites for hydroxylation is 1. The molecule has 7 nitrogen and oxygen atoms in total.